The van der Waals surface area contributed by atoms with Crippen LogP contribution >= 0.6 is 0 Å². The van der Waals surface area contributed by atoms with E-state index in [0.29, 0.717) is 6.10 Å². The summed E-state index contributed by atoms with van der Waals surface area (Å²) in [6.07, 6.45) is 4.69. The first kappa shape index (κ1) is 10.7. The maximum absolute atomic E-state index is 6.13. The number of fused-ring (bicyclic) bond motifs is 1. The molecule has 3 rings (SSSR count). The highest BCUT2D eigenvalue weighted by molar-refractivity contribution is 5.89. The number of H-pyrrole nitrogens is 1. The summed E-state index contributed by atoms with van der Waals surface area (Å²) < 4.78 is 6.13. The minimum absolute atomic E-state index is 0.309. The van der Waals surface area contributed by atoms with E-state index >= 15 is 0 Å². The van der Waals surface area contributed by atoms with Crippen LogP contribution in [0.15, 0.2) is 24.4 Å². The van der Waals surface area contributed by atoms with Crippen LogP contribution in [0.25, 0.3) is 10.9 Å². The van der Waals surface area contributed by atoms with Crippen LogP contribution in [0.5, 0.6) is 5.75 Å². The summed E-state index contributed by atoms with van der Waals surface area (Å²) in [5.74, 6) is 1.01. The van der Waals surface area contributed by atoms with Crippen molar-refractivity contribution < 1.29 is 4.74 Å². The molecule has 1 fully saturated rings. The second-order valence-electron chi connectivity index (χ2n) is 4.74. The molecule has 0 spiro atoms. The van der Waals surface area contributed by atoms with E-state index in [1.165, 1.54) is 17.4 Å². The molecule has 0 aliphatic carbocycles. The van der Waals surface area contributed by atoms with E-state index in [1.807, 2.05) is 12.3 Å². The highest BCUT2D eigenvalue weighted by atomic mass is 16.5. The van der Waals surface area contributed by atoms with Crippen LogP contribution in [0.3, 0.4) is 0 Å². The zero-order valence-corrected chi connectivity index (χ0v) is 10.1. The lowest BCUT2D eigenvalue weighted by Crippen LogP contribution is -2.37. The van der Waals surface area contributed by atoms with Crippen LogP contribution in [0.4, 0.5) is 0 Å². The lowest BCUT2D eigenvalue weighted by Gasteiger charge is -2.24. The Balaban J connectivity index is 1.91. The lowest BCUT2D eigenvalue weighted by atomic mass is 10.1. The molecule has 1 saturated heterocycles. The Bertz CT molecular complexity index is 512. The summed E-state index contributed by atoms with van der Waals surface area (Å²) in [7, 11) is 0. The number of hydrogen-bond donors (Lipinski definition) is 2. The maximum Gasteiger partial charge on any atom is 0.129 e. The number of benzene rings is 1. The molecular weight excluding hydrogens is 212 g/mol. The SMILES string of the molecule is Cc1c[nH]c2cccc(OC3CCCNC3)c12. The van der Waals surface area contributed by atoms with Gasteiger partial charge in [-0.15, -0.1) is 0 Å². The van der Waals surface area contributed by atoms with Gasteiger partial charge in [0.25, 0.3) is 0 Å². The molecule has 1 aliphatic rings. The van der Waals surface area contributed by atoms with Crippen LogP contribution < -0.4 is 10.1 Å². The normalized spacial score (nSPS) is 20.6. The van der Waals surface area contributed by atoms with E-state index in [4.69, 9.17) is 4.74 Å². The zero-order valence-electron chi connectivity index (χ0n) is 10.1. The van der Waals surface area contributed by atoms with Crippen molar-refractivity contribution in [2.45, 2.75) is 25.9 Å². The van der Waals surface area contributed by atoms with E-state index in [-0.39, 0.29) is 0 Å². The standard InChI is InChI=1S/C14H18N2O/c1-10-8-16-12-5-2-6-13(14(10)12)17-11-4-3-7-15-9-11/h2,5-6,8,11,15-16H,3-4,7,9H2,1H3. The van der Waals surface area contributed by atoms with E-state index in [1.54, 1.807) is 0 Å². The molecule has 2 N–H and O–H groups in total. The second kappa shape index (κ2) is 4.41. The summed E-state index contributed by atoms with van der Waals surface area (Å²) in [5.41, 5.74) is 2.41. The highest BCUT2D eigenvalue weighted by Gasteiger charge is 2.16. The Labute approximate surface area is 101 Å². The number of aromatic amines is 1. The van der Waals surface area contributed by atoms with Crippen molar-refractivity contribution in [2.24, 2.45) is 0 Å². The van der Waals surface area contributed by atoms with Gasteiger partial charge in [0.1, 0.15) is 11.9 Å². The number of rotatable bonds is 2. The number of hydrogen-bond acceptors (Lipinski definition) is 2. The fraction of sp³-hybridized carbons (Fsp3) is 0.429. The molecule has 0 amide bonds. The van der Waals surface area contributed by atoms with E-state index in [9.17, 15) is 0 Å². The fourth-order valence-electron chi connectivity index (χ4n) is 2.51. The van der Waals surface area contributed by atoms with Gasteiger partial charge in [-0.05, 0) is 44.0 Å². The first-order valence-electron chi connectivity index (χ1n) is 6.28. The molecule has 1 aliphatic heterocycles. The van der Waals surface area contributed by atoms with E-state index < -0.39 is 0 Å². The average Bonchev–Trinajstić information content (AvgIpc) is 2.74. The summed E-state index contributed by atoms with van der Waals surface area (Å²) in [6.45, 7) is 4.19. The van der Waals surface area contributed by atoms with Crippen LogP contribution in [-0.4, -0.2) is 24.2 Å². The van der Waals surface area contributed by atoms with Gasteiger partial charge >= 0.3 is 0 Å². The first-order valence-corrected chi connectivity index (χ1v) is 6.28. The fourth-order valence-corrected chi connectivity index (χ4v) is 2.51. The summed E-state index contributed by atoms with van der Waals surface area (Å²) >= 11 is 0. The molecule has 2 aromatic rings. The van der Waals surface area contributed by atoms with Crippen LogP contribution in [0.1, 0.15) is 18.4 Å². The molecule has 0 saturated carbocycles. The first-order chi connectivity index (χ1) is 8.34. The number of nitrogens with one attached hydrogen (secondary N) is 2. The third-order valence-electron chi connectivity index (χ3n) is 3.41. The molecule has 1 atom stereocenters. The third kappa shape index (κ3) is 2.03. The molecule has 1 aromatic heterocycles. The van der Waals surface area contributed by atoms with Gasteiger partial charge < -0.3 is 15.0 Å². The van der Waals surface area contributed by atoms with Crippen molar-refractivity contribution in [3.8, 4) is 5.75 Å². The molecular formula is C14H18N2O. The van der Waals surface area contributed by atoms with Crippen LogP contribution in [0.2, 0.25) is 0 Å². The summed E-state index contributed by atoms with van der Waals surface area (Å²) in [6, 6.07) is 6.20. The minimum atomic E-state index is 0.309. The monoisotopic (exact) mass is 230 g/mol. The molecule has 3 nitrogen and oxygen atoms in total. The van der Waals surface area contributed by atoms with Gasteiger partial charge in [0.15, 0.2) is 0 Å². The largest absolute Gasteiger partial charge is 0.488 e. The highest BCUT2D eigenvalue weighted by Crippen LogP contribution is 2.29. The minimum Gasteiger partial charge on any atom is -0.488 e. The summed E-state index contributed by atoms with van der Waals surface area (Å²) in [4.78, 5) is 3.27. The van der Waals surface area contributed by atoms with Gasteiger partial charge in [0.05, 0.1) is 0 Å². The maximum atomic E-state index is 6.13. The molecule has 3 heteroatoms. The van der Waals surface area contributed by atoms with Gasteiger partial charge in [-0.2, -0.15) is 0 Å². The van der Waals surface area contributed by atoms with Crippen molar-refractivity contribution in [1.29, 1.82) is 0 Å². The van der Waals surface area contributed by atoms with Crippen LogP contribution in [-0.2, 0) is 0 Å². The zero-order chi connectivity index (χ0) is 11.7. The molecule has 0 radical (unpaired) electrons. The smallest absolute Gasteiger partial charge is 0.129 e. The quantitative estimate of drug-likeness (QED) is 0.832. The molecule has 90 valence electrons. The lowest BCUT2D eigenvalue weighted by molar-refractivity contribution is 0.169. The number of ether oxygens (including phenoxy) is 1. The van der Waals surface area contributed by atoms with E-state index in [0.717, 1.165) is 30.8 Å². The van der Waals surface area contributed by atoms with Crippen molar-refractivity contribution in [1.82, 2.24) is 10.3 Å². The molecule has 1 unspecified atom stereocenters. The Kier molecular flexibility index (Phi) is 2.77. The van der Waals surface area contributed by atoms with Gasteiger partial charge in [-0.1, -0.05) is 6.07 Å². The van der Waals surface area contributed by atoms with Crippen molar-refractivity contribution >= 4 is 10.9 Å². The second-order valence-corrected chi connectivity index (χ2v) is 4.74. The van der Waals surface area contributed by atoms with Crippen molar-refractivity contribution in [3.63, 3.8) is 0 Å². The summed E-state index contributed by atoms with van der Waals surface area (Å²) in [5, 5.41) is 4.60. The van der Waals surface area contributed by atoms with Crippen molar-refractivity contribution in [3.05, 3.63) is 30.0 Å². The third-order valence-corrected chi connectivity index (χ3v) is 3.41. The average molecular weight is 230 g/mol. The Morgan fingerprint density at radius 2 is 2.29 bits per heavy atom. The van der Waals surface area contributed by atoms with Gasteiger partial charge in [0.2, 0.25) is 0 Å². The van der Waals surface area contributed by atoms with Gasteiger partial charge in [-0.25, -0.2) is 0 Å². The van der Waals surface area contributed by atoms with Gasteiger partial charge in [-0.3, -0.25) is 0 Å². The van der Waals surface area contributed by atoms with Gasteiger partial charge in [0, 0.05) is 23.6 Å². The molecule has 17 heavy (non-hydrogen) atoms. The molecule has 2 heterocycles. The molecule has 1 aromatic carbocycles. The Morgan fingerprint density at radius 1 is 1.35 bits per heavy atom. The van der Waals surface area contributed by atoms with Crippen LogP contribution in [0, 0.1) is 6.92 Å². The predicted octanol–water partition coefficient (Wildman–Crippen LogP) is 2.61. The van der Waals surface area contributed by atoms with Crippen molar-refractivity contribution in [2.75, 3.05) is 13.1 Å². The van der Waals surface area contributed by atoms with E-state index in [2.05, 4.69) is 29.4 Å². The number of aromatic nitrogens is 1. The molecule has 0 bridgehead atoms. The predicted molar refractivity (Wildman–Crippen MR) is 69.6 cm³/mol. The number of piperidine rings is 1. The Morgan fingerprint density at radius 3 is 3.12 bits per heavy atom. The Hall–Kier alpha value is -1.48. The number of aryl methyl sites for hydroxylation is 1. The topological polar surface area (TPSA) is 37.0 Å².